The number of ketones is 1. The molecule has 0 aromatic carbocycles. The molecule has 2 fully saturated rings. The van der Waals surface area contributed by atoms with Crippen molar-refractivity contribution in [2.24, 2.45) is 16.2 Å². The standard InChI is InChI=1S/C15H25NO3/c1-5-16(8-9-17)12(19)15-7-6-14(4,11(18)10-15)13(15,2)3/h17H,5-10H2,1-4H3/t14-,15-/m1/s1. The van der Waals surface area contributed by atoms with Crippen molar-refractivity contribution in [1.29, 1.82) is 0 Å². The van der Waals surface area contributed by atoms with Gasteiger partial charge in [0, 0.05) is 24.9 Å². The van der Waals surface area contributed by atoms with Crippen LogP contribution in [0.25, 0.3) is 0 Å². The van der Waals surface area contributed by atoms with E-state index in [0.29, 0.717) is 19.5 Å². The first kappa shape index (κ1) is 14.5. The van der Waals surface area contributed by atoms with Gasteiger partial charge in [0.25, 0.3) is 0 Å². The Morgan fingerprint density at radius 2 is 1.95 bits per heavy atom. The molecular formula is C15H25NO3. The lowest BCUT2D eigenvalue weighted by Gasteiger charge is -2.41. The number of aliphatic hydroxyl groups is 1. The number of hydrogen-bond donors (Lipinski definition) is 1. The third-order valence-corrected chi connectivity index (χ3v) is 6.15. The van der Waals surface area contributed by atoms with Crippen molar-refractivity contribution < 1.29 is 14.7 Å². The van der Waals surface area contributed by atoms with Crippen LogP contribution < -0.4 is 0 Å². The molecule has 0 aliphatic heterocycles. The van der Waals surface area contributed by atoms with E-state index in [9.17, 15) is 9.59 Å². The number of aliphatic hydroxyl groups excluding tert-OH is 1. The zero-order valence-electron chi connectivity index (χ0n) is 12.5. The van der Waals surface area contributed by atoms with E-state index in [2.05, 4.69) is 13.8 Å². The summed E-state index contributed by atoms with van der Waals surface area (Å²) in [5.74, 6) is 0.292. The highest BCUT2D eigenvalue weighted by Crippen LogP contribution is 2.70. The second-order valence-electron chi connectivity index (χ2n) is 6.75. The van der Waals surface area contributed by atoms with E-state index in [-0.39, 0.29) is 29.1 Å². The van der Waals surface area contributed by atoms with Crippen LogP contribution in [-0.4, -0.2) is 41.4 Å². The third-order valence-electron chi connectivity index (χ3n) is 6.15. The molecular weight excluding hydrogens is 242 g/mol. The van der Waals surface area contributed by atoms with Gasteiger partial charge in [-0.3, -0.25) is 9.59 Å². The zero-order chi connectivity index (χ0) is 14.5. The highest BCUT2D eigenvalue weighted by Gasteiger charge is 2.72. The van der Waals surface area contributed by atoms with Gasteiger partial charge in [0.15, 0.2) is 0 Å². The van der Waals surface area contributed by atoms with Crippen LogP contribution in [0.4, 0.5) is 0 Å². The summed E-state index contributed by atoms with van der Waals surface area (Å²) >= 11 is 0. The Morgan fingerprint density at radius 1 is 1.32 bits per heavy atom. The number of amides is 1. The van der Waals surface area contributed by atoms with Crippen LogP contribution in [0.3, 0.4) is 0 Å². The van der Waals surface area contributed by atoms with Gasteiger partial charge in [0.05, 0.1) is 12.0 Å². The normalized spacial score (nSPS) is 35.7. The molecule has 0 aromatic heterocycles. The highest BCUT2D eigenvalue weighted by molar-refractivity contribution is 5.99. The van der Waals surface area contributed by atoms with Gasteiger partial charge in [0.2, 0.25) is 5.91 Å². The molecule has 2 atom stereocenters. The van der Waals surface area contributed by atoms with E-state index in [1.54, 1.807) is 4.90 Å². The molecule has 0 saturated heterocycles. The van der Waals surface area contributed by atoms with E-state index >= 15 is 0 Å². The first-order valence-corrected chi connectivity index (χ1v) is 7.20. The van der Waals surface area contributed by atoms with Gasteiger partial charge in [-0.25, -0.2) is 0 Å². The summed E-state index contributed by atoms with van der Waals surface area (Å²) < 4.78 is 0. The Kier molecular flexibility index (Phi) is 3.28. The van der Waals surface area contributed by atoms with Crippen molar-refractivity contribution >= 4 is 11.7 Å². The molecule has 1 amide bonds. The molecule has 4 nitrogen and oxygen atoms in total. The molecule has 0 unspecified atom stereocenters. The molecule has 2 aliphatic carbocycles. The fourth-order valence-corrected chi connectivity index (χ4v) is 4.16. The van der Waals surface area contributed by atoms with Gasteiger partial charge in [0.1, 0.15) is 5.78 Å². The van der Waals surface area contributed by atoms with Gasteiger partial charge in [-0.2, -0.15) is 0 Å². The Hall–Kier alpha value is -0.900. The predicted molar refractivity (Wildman–Crippen MR) is 72.5 cm³/mol. The summed E-state index contributed by atoms with van der Waals surface area (Å²) in [6.07, 6.45) is 1.97. The predicted octanol–water partition coefficient (Wildman–Crippen LogP) is 1.61. The number of Topliss-reactive ketones (excluding diaryl/α,β-unsaturated/α-hetero) is 1. The number of nitrogens with zero attached hydrogens (tertiary/aromatic N) is 1. The molecule has 4 heteroatoms. The summed E-state index contributed by atoms with van der Waals surface area (Å²) in [4.78, 5) is 26.9. The Labute approximate surface area is 115 Å². The summed E-state index contributed by atoms with van der Waals surface area (Å²) in [6, 6.07) is 0. The molecule has 2 saturated carbocycles. The van der Waals surface area contributed by atoms with Crippen LogP contribution in [-0.2, 0) is 9.59 Å². The van der Waals surface area contributed by atoms with Crippen LogP contribution in [0, 0.1) is 16.2 Å². The maximum atomic E-state index is 12.9. The van der Waals surface area contributed by atoms with Crippen molar-refractivity contribution in [3.05, 3.63) is 0 Å². The van der Waals surface area contributed by atoms with E-state index in [0.717, 1.165) is 12.8 Å². The number of rotatable bonds is 4. The molecule has 1 N–H and O–H groups in total. The molecule has 0 radical (unpaired) electrons. The van der Waals surface area contributed by atoms with Crippen molar-refractivity contribution in [2.75, 3.05) is 19.7 Å². The molecule has 2 rings (SSSR count). The number of hydrogen-bond acceptors (Lipinski definition) is 3. The minimum atomic E-state index is -0.552. The molecule has 19 heavy (non-hydrogen) atoms. The van der Waals surface area contributed by atoms with Gasteiger partial charge in [-0.05, 0) is 25.2 Å². The SMILES string of the molecule is CCN(CCO)C(=O)[C@@]12CC[C@](C)(C(=O)C1)C2(C)C. The van der Waals surface area contributed by atoms with E-state index in [4.69, 9.17) is 5.11 Å². The van der Waals surface area contributed by atoms with E-state index < -0.39 is 5.41 Å². The minimum absolute atomic E-state index is 0.0265. The van der Waals surface area contributed by atoms with Crippen molar-refractivity contribution in [1.82, 2.24) is 4.90 Å². The maximum Gasteiger partial charge on any atom is 0.229 e. The lowest BCUT2D eigenvalue weighted by atomic mass is 9.64. The fourth-order valence-electron chi connectivity index (χ4n) is 4.16. The van der Waals surface area contributed by atoms with Gasteiger partial charge in [-0.15, -0.1) is 0 Å². The number of likely N-dealkylation sites (N-methyl/N-ethyl adjacent to an activating group) is 1. The Bertz CT molecular complexity index is 418. The van der Waals surface area contributed by atoms with Crippen LogP contribution in [0.1, 0.15) is 47.0 Å². The first-order valence-electron chi connectivity index (χ1n) is 7.20. The summed E-state index contributed by atoms with van der Waals surface area (Å²) in [5, 5.41) is 9.10. The highest BCUT2D eigenvalue weighted by atomic mass is 16.3. The molecule has 2 aliphatic rings. The van der Waals surface area contributed by atoms with Crippen LogP contribution in [0.5, 0.6) is 0 Å². The third kappa shape index (κ3) is 1.55. The van der Waals surface area contributed by atoms with E-state index in [1.807, 2.05) is 13.8 Å². The van der Waals surface area contributed by atoms with E-state index in [1.165, 1.54) is 0 Å². The second-order valence-corrected chi connectivity index (χ2v) is 6.75. The van der Waals surface area contributed by atoms with Crippen molar-refractivity contribution in [3.63, 3.8) is 0 Å². The number of carbonyl (C=O) groups is 2. The van der Waals surface area contributed by atoms with Gasteiger partial charge >= 0.3 is 0 Å². The van der Waals surface area contributed by atoms with Crippen LogP contribution in [0.2, 0.25) is 0 Å². The average molecular weight is 267 g/mol. The molecule has 0 aromatic rings. The molecule has 0 heterocycles. The molecule has 0 spiro atoms. The zero-order valence-corrected chi connectivity index (χ0v) is 12.5. The van der Waals surface area contributed by atoms with Crippen LogP contribution in [0.15, 0.2) is 0 Å². The lowest BCUT2D eigenvalue weighted by Crippen LogP contribution is -2.49. The topological polar surface area (TPSA) is 57.6 Å². The van der Waals surface area contributed by atoms with Crippen LogP contribution >= 0.6 is 0 Å². The average Bonchev–Trinajstić information content (AvgIpc) is 2.65. The van der Waals surface area contributed by atoms with Gasteiger partial charge in [-0.1, -0.05) is 20.8 Å². The fraction of sp³-hybridized carbons (Fsp3) is 0.867. The van der Waals surface area contributed by atoms with Crippen molar-refractivity contribution in [3.8, 4) is 0 Å². The monoisotopic (exact) mass is 267 g/mol. The quantitative estimate of drug-likeness (QED) is 0.842. The van der Waals surface area contributed by atoms with Gasteiger partial charge < -0.3 is 10.0 Å². The smallest absolute Gasteiger partial charge is 0.229 e. The summed E-state index contributed by atoms with van der Waals surface area (Å²) in [6.45, 7) is 8.98. The Morgan fingerprint density at radius 3 is 2.32 bits per heavy atom. The Balaban J connectivity index is 2.39. The minimum Gasteiger partial charge on any atom is -0.395 e. The van der Waals surface area contributed by atoms with Crippen molar-refractivity contribution in [2.45, 2.75) is 47.0 Å². The maximum absolute atomic E-state index is 12.9. The summed E-state index contributed by atoms with van der Waals surface area (Å²) in [7, 11) is 0. The molecule has 108 valence electrons. The first-order chi connectivity index (χ1) is 8.77. The second kappa shape index (κ2) is 4.30. The lowest BCUT2D eigenvalue weighted by molar-refractivity contribution is -0.148. The summed E-state index contributed by atoms with van der Waals surface area (Å²) in [5.41, 5.74) is -1.21. The number of carbonyl (C=O) groups excluding carboxylic acids is 2. The largest absolute Gasteiger partial charge is 0.395 e. The number of fused-ring (bicyclic) bond motifs is 2. The molecule has 2 bridgehead atoms.